The van der Waals surface area contributed by atoms with E-state index in [9.17, 15) is 10.2 Å². The highest BCUT2D eigenvalue weighted by atomic mass is 16.3. The van der Waals surface area contributed by atoms with Crippen molar-refractivity contribution in [3.8, 4) is 0 Å². The maximum atomic E-state index is 9.22. The van der Waals surface area contributed by atoms with Crippen molar-refractivity contribution >= 4 is 0 Å². The molecule has 1 aliphatic rings. The van der Waals surface area contributed by atoms with Gasteiger partial charge in [-0.05, 0) is 37.0 Å². The third-order valence-electron chi connectivity index (χ3n) is 5.57. The van der Waals surface area contributed by atoms with E-state index in [4.69, 9.17) is 10.2 Å². The van der Waals surface area contributed by atoms with Crippen molar-refractivity contribution in [3.05, 3.63) is 0 Å². The van der Waals surface area contributed by atoms with Crippen molar-refractivity contribution < 1.29 is 20.4 Å². The molecular weight excluding hydrogens is 320 g/mol. The summed E-state index contributed by atoms with van der Waals surface area (Å²) < 4.78 is 0. The van der Waals surface area contributed by atoms with Crippen LogP contribution in [0.3, 0.4) is 0 Å². The molecule has 1 saturated carbocycles. The maximum Gasteiger partial charge on any atom is 0.0558 e. The van der Waals surface area contributed by atoms with E-state index in [1.54, 1.807) is 0 Å². The smallest absolute Gasteiger partial charge is 0.0558 e. The van der Waals surface area contributed by atoms with Crippen molar-refractivity contribution in [1.29, 1.82) is 0 Å². The molecule has 6 heteroatoms. The van der Waals surface area contributed by atoms with Crippen molar-refractivity contribution in [2.45, 2.75) is 45.4 Å². The molecule has 0 aliphatic heterocycles. The van der Waals surface area contributed by atoms with Crippen LogP contribution < -0.4 is 0 Å². The Kier molecular flexibility index (Phi) is 11.9. The molecule has 0 unspecified atom stereocenters. The molecule has 0 bridgehead atoms. The van der Waals surface area contributed by atoms with Crippen LogP contribution in [0.15, 0.2) is 0 Å². The molecule has 0 amide bonds. The van der Waals surface area contributed by atoms with Crippen LogP contribution in [0.4, 0.5) is 0 Å². The molecule has 0 atom stereocenters. The lowest BCUT2D eigenvalue weighted by atomic mass is 9.75. The molecule has 150 valence electrons. The van der Waals surface area contributed by atoms with Gasteiger partial charge >= 0.3 is 0 Å². The molecule has 1 fully saturated rings. The second-order valence-corrected chi connectivity index (χ2v) is 7.93. The van der Waals surface area contributed by atoms with Crippen molar-refractivity contribution in [2.24, 2.45) is 11.3 Å². The standard InChI is InChI=1S/C19H40N2O4/c1-19(17-21(10-14-24)11-15-25)6-2-4-18(5-3-7-19)16-20(8-12-22)9-13-23/h18,22-25H,2-17H2,1H3. The van der Waals surface area contributed by atoms with Crippen molar-refractivity contribution in [2.75, 3.05) is 65.7 Å². The zero-order valence-corrected chi connectivity index (χ0v) is 16.1. The van der Waals surface area contributed by atoms with E-state index in [0.717, 1.165) is 13.1 Å². The highest BCUT2D eigenvalue weighted by Gasteiger charge is 2.29. The topological polar surface area (TPSA) is 87.4 Å². The van der Waals surface area contributed by atoms with Crippen LogP contribution in [-0.2, 0) is 0 Å². The first-order chi connectivity index (χ1) is 12.1. The van der Waals surface area contributed by atoms with Crippen LogP contribution >= 0.6 is 0 Å². The Labute approximate surface area is 153 Å². The number of aliphatic hydroxyl groups excluding tert-OH is 4. The Bertz CT molecular complexity index is 309. The van der Waals surface area contributed by atoms with E-state index in [-0.39, 0.29) is 31.8 Å². The molecule has 0 aromatic rings. The third-order valence-corrected chi connectivity index (χ3v) is 5.57. The molecule has 25 heavy (non-hydrogen) atoms. The minimum atomic E-state index is 0.143. The summed E-state index contributed by atoms with van der Waals surface area (Å²) in [7, 11) is 0. The van der Waals surface area contributed by atoms with Gasteiger partial charge in [-0.15, -0.1) is 0 Å². The summed E-state index contributed by atoms with van der Waals surface area (Å²) in [4.78, 5) is 4.36. The van der Waals surface area contributed by atoms with Gasteiger partial charge in [-0.25, -0.2) is 0 Å². The number of hydrogen-bond donors (Lipinski definition) is 4. The molecule has 0 saturated heterocycles. The second kappa shape index (κ2) is 13.0. The van der Waals surface area contributed by atoms with Gasteiger partial charge in [-0.3, -0.25) is 9.80 Å². The molecular formula is C19H40N2O4. The summed E-state index contributed by atoms with van der Waals surface area (Å²) in [6.07, 6.45) is 7.14. The van der Waals surface area contributed by atoms with Gasteiger partial charge in [-0.1, -0.05) is 19.8 Å². The SMILES string of the molecule is CC1(CN(CCO)CCO)CCCC(CN(CCO)CCO)CCC1. The van der Waals surface area contributed by atoms with Gasteiger partial charge in [-0.2, -0.15) is 0 Å². The number of aliphatic hydroxyl groups is 4. The van der Waals surface area contributed by atoms with Crippen LogP contribution in [0.1, 0.15) is 45.4 Å². The van der Waals surface area contributed by atoms with E-state index >= 15 is 0 Å². The minimum absolute atomic E-state index is 0.143. The fraction of sp³-hybridized carbons (Fsp3) is 1.00. The van der Waals surface area contributed by atoms with Gasteiger partial charge in [0.25, 0.3) is 0 Å². The van der Waals surface area contributed by atoms with Crippen LogP contribution in [0, 0.1) is 11.3 Å². The van der Waals surface area contributed by atoms with Gasteiger partial charge in [0, 0.05) is 39.3 Å². The van der Waals surface area contributed by atoms with E-state index in [2.05, 4.69) is 16.7 Å². The molecule has 4 N–H and O–H groups in total. The summed E-state index contributed by atoms with van der Waals surface area (Å²) in [6, 6.07) is 0. The predicted octanol–water partition coefficient (Wildman–Crippen LogP) is 0.536. The Morgan fingerprint density at radius 1 is 0.760 bits per heavy atom. The second-order valence-electron chi connectivity index (χ2n) is 7.93. The van der Waals surface area contributed by atoms with Gasteiger partial charge < -0.3 is 20.4 Å². The van der Waals surface area contributed by atoms with Gasteiger partial charge in [0.05, 0.1) is 26.4 Å². The number of hydrogen-bond acceptors (Lipinski definition) is 6. The molecule has 6 nitrogen and oxygen atoms in total. The lowest BCUT2D eigenvalue weighted by Gasteiger charge is -2.38. The Hall–Kier alpha value is -0.240. The van der Waals surface area contributed by atoms with Crippen LogP contribution in [0.2, 0.25) is 0 Å². The molecule has 0 spiro atoms. The van der Waals surface area contributed by atoms with E-state index in [1.165, 1.54) is 38.5 Å². The quantitative estimate of drug-likeness (QED) is 0.406. The highest BCUT2D eigenvalue weighted by molar-refractivity contribution is 4.82. The van der Waals surface area contributed by atoms with Gasteiger partial charge in [0.15, 0.2) is 0 Å². The van der Waals surface area contributed by atoms with Gasteiger partial charge in [0.1, 0.15) is 0 Å². The Morgan fingerprint density at radius 3 is 1.64 bits per heavy atom. The molecule has 0 radical (unpaired) electrons. The molecule has 0 aromatic carbocycles. The van der Waals surface area contributed by atoms with E-state index in [0.29, 0.717) is 32.1 Å². The molecule has 0 heterocycles. The fourth-order valence-electron chi connectivity index (χ4n) is 4.28. The normalized spacial score (nSPS) is 25.3. The zero-order valence-electron chi connectivity index (χ0n) is 16.1. The minimum Gasteiger partial charge on any atom is -0.395 e. The van der Waals surface area contributed by atoms with E-state index < -0.39 is 0 Å². The lowest BCUT2D eigenvalue weighted by Crippen LogP contribution is -2.40. The van der Waals surface area contributed by atoms with Crippen LogP contribution in [-0.4, -0.2) is 95.9 Å². The van der Waals surface area contributed by atoms with Crippen molar-refractivity contribution in [1.82, 2.24) is 9.80 Å². The van der Waals surface area contributed by atoms with Crippen LogP contribution in [0.25, 0.3) is 0 Å². The summed E-state index contributed by atoms with van der Waals surface area (Å²) >= 11 is 0. The maximum absolute atomic E-state index is 9.22. The summed E-state index contributed by atoms with van der Waals surface area (Å²) in [5.41, 5.74) is 0.255. The number of rotatable bonds is 12. The monoisotopic (exact) mass is 360 g/mol. The molecule has 1 rings (SSSR count). The Balaban J connectivity index is 2.48. The first-order valence-corrected chi connectivity index (χ1v) is 9.95. The fourth-order valence-corrected chi connectivity index (χ4v) is 4.28. The first-order valence-electron chi connectivity index (χ1n) is 9.95. The largest absolute Gasteiger partial charge is 0.395 e. The summed E-state index contributed by atoms with van der Waals surface area (Å²) in [5, 5.41) is 36.8. The summed E-state index contributed by atoms with van der Waals surface area (Å²) in [6.45, 7) is 7.40. The summed E-state index contributed by atoms with van der Waals surface area (Å²) in [5.74, 6) is 0.647. The predicted molar refractivity (Wildman–Crippen MR) is 101 cm³/mol. The average Bonchev–Trinajstić information content (AvgIpc) is 2.54. The average molecular weight is 361 g/mol. The zero-order chi connectivity index (χ0) is 18.5. The Morgan fingerprint density at radius 2 is 1.20 bits per heavy atom. The third kappa shape index (κ3) is 9.31. The first kappa shape index (κ1) is 22.8. The van der Waals surface area contributed by atoms with Crippen molar-refractivity contribution in [3.63, 3.8) is 0 Å². The molecule has 1 aliphatic carbocycles. The van der Waals surface area contributed by atoms with Gasteiger partial charge in [0.2, 0.25) is 0 Å². The van der Waals surface area contributed by atoms with Crippen LogP contribution in [0.5, 0.6) is 0 Å². The number of nitrogens with zero attached hydrogens (tertiary/aromatic N) is 2. The molecule has 0 aromatic heterocycles. The highest BCUT2D eigenvalue weighted by Crippen LogP contribution is 2.36. The lowest BCUT2D eigenvalue weighted by molar-refractivity contribution is 0.0867. The van der Waals surface area contributed by atoms with E-state index in [1.807, 2.05) is 0 Å².